The standard InChI is InChI=1S/C6H15O3PS.H3N/c1-5(2)8-10(7,11)9-6(3)4;/h5-6H,1-4H3,(H,7,11);1H3. The molecule has 0 aromatic heterocycles. The Balaban J connectivity index is 0. The summed E-state index contributed by atoms with van der Waals surface area (Å²) in [5.74, 6) is 0. The van der Waals surface area contributed by atoms with Crippen LogP contribution in [0.25, 0.3) is 0 Å². The van der Waals surface area contributed by atoms with Crippen LogP contribution in [0, 0.1) is 0 Å². The second-order valence-corrected chi connectivity index (χ2v) is 5.52. The molecule has 0 radical (unpaired) electrons. The molecule has 0 atom stereocenters. The molecule has 0 aromatic carbocycles. The molecule has 0 bridgehead atoms. The Morgan fingerprint density at radius 3 is 1.50 bits per heavy atom. The second kappa shape index (κ2) is 6.02. The molecule has 0 spiro atoms. The van der Waals surface area contributed by atoms with Gasteiger partial charge in [-0.25, -0.2) is 0 Å². The molecule has 4 nitrogen and oxygen atoms in total. The van der Waals surface area contributed by atoms with E-state index in [0.717, 1.165) is 0 Å². The summed E-state index contributed by atoms with van der Waals surface area (Å²) >= 11 is 4.72. The fourth-order valence-corrected chi connectivity index (χ4v) is 2.71. The summed E-state index contributed by atoms with van der Waals surface area (Å²) < 4.78 is 10.0. The monoisotopic (exact) mass is 215 g/mol. The molecular weight excluding hydrogens is 197 g/mol. The minimum absolute atomic E-state index is 0. The van der Waals surface area contributed by atoms with Crippen molar-refractivity contribution < 1.29 is 13.9 Å². The first-order chi connectivity index (χ1) is 4.83. The van der Waals surface area contributed by atoms with Gasteiger partial charge in [0.2, 0.25) is 0 Å². The van der Waals surface area contributed by atoms with Crippen LogP contribution in [0.1, 0.15) is 27.7 Å². The third-order valence-corrected chi connectivity index (χ3v) is 2.58. The molecule has 0 saturated heterocycles. The fourth-order valence-electron chi connectivity index (χ4n) is 0.558. The summed E-state index contributed by atoms with van der Waals surface area (Å²) in [6.07, 6.45) is -0.186. The van der Waals surface area contributed by atoms with Crippen molar-refractivity contribution in [3.8, 4) is 0 Å². The molecule has 76 valence electrons. The van der Waals surface area contributed by atoms with Gasteiger partial charge in [-0.2, -0.15) is 0 Å². The molecule has 0 aliphatic rings. The van der Waals surface area contributed by atoms with Crippen molar-refractivity contribution in [1.29, 1.82) is 0 Å². The van der Waals surface area contributed by atoms with Crippen LogP contribution in [-0.4, -0.2) is 17.1 Å². The van der Waals surface area contributed by atoms with Crippen LogP contribution in [0.15, 0.2) is 0 Å². The zero-order valence-corrected chi connectivity index (χ0v) is 9.69. The zero-order chi connectivity index (χ0) is 9.07. The molecule has 0 heterocycles. The Kier molecular flexibility index (Phi) is 7.52. The van der Waals surface area contributed by atoms with Gasteiger partial charge in [0.25, 0.3) is 0 Å². The van der Waals surface area contributed by atoms with Crippen molar-refractivity contribution in [2.45, 2.75) is 39.9 Å². The number of hydrogen-bond donors (Lipinski definition) is 2. The molecule has 0 aliphatic heterocycles. The van der Waals surface area contributed by atoms with Gasteiger partial charge in [-0.3, -0.25) is 0 Å². The van der Waals surface area contributed by atoms with E-state index in [9.17, 15) is 4.89 Å². The number of hydrogen-bond acceptors (Lipinski definition) is 4. The summed E-state index contributed by atoms with van der Waals surface area (Å²) in [6, 6.07) is 0. The van der Waals surface area contributed by atoms with Crippen molar-refractivity contribution >= 4 is 18.5 Å². The van der Waals surface area contributed by atoms with E-state index in [2.05, 4.69) is 0 Å². The molecule has 0 unspecified atom stereocenters. The van der Waals surface area contributed by atoms with E-state index < -0.39 is 6.72 Å². The third-order valence-electron chi connectivity index (χ3n) is 0.688. The van der Waals surface area contributed by atoms with Crippen molar-refractivity contribution in [3.63, 3.8) is 0 Å². The van der Waals surface area contributed by atoms with Crippen LogP contribution in [0.2, 0.25) is 0 Å². The molecule has 6 heteroatoms. The first kappa shape index (κ1) is 15.0. The van der Waals surface area contributed by atoms with Gasteiger partial charge in [0.1, 0.15) is 0 Å². The average Bonchev–Trinajstić information content (AvgIpc) is 1.53. The minimum atomic E-state index is -2.97. The first-order valence-electron chi connectivity index (χ1n) is 3.53. The predicted octanol–water partition coefficient (Wildman–Crippen LogP) is 2.22. The smallest absolute Gasteiger partial charge is 0.325 e. The van der Waals surface area contributed by atoms with Gasteiger partial charge in [0.05, 0.1) is 12.2 Å². The zero-order valence-electron chi connectivity index (χ0n) is 7.98. The van der Waals surface area contributed by atoms with Crippen LogP contribution in [0.4, 0.5) is 0 Å². The van der Waals surface area contributed by atoms with Crippen LogP contribution in [0.5, 0.6) is 0 Å². The topological polar surface area (TPSA) is 73.7 Å². The lowest BCUT2D eigenvalue weighted by molar-refractivity contribution is 0.136. The summed E-state index contributed by atoms with van der Waals surface area (Å²) in [4.78, 5) is 9.34. The average molecular weight is 215 g/mol. The maximum Gasteiger partial charge on any atom is 0.325 e. The molecule has 0 fully saturated rings. The summed E-state index contributed by atoms with van der Waals surface area (Å²) in [7, 11) is 0. The molecule has 12 heavy (non-hydrogen) atoms. The highest BCUT2D eigenvalue weighted by atomic mass is 32.5. The Morgan fingerprint density at radius 1 is 1.08 bits per heavy atom. The quantitative estimate of drug-likeness (QED) is 0.703. The normalized spacial score (nSPS) is 11.9. The summed E-state index contributed by atoms with van der Waals surface area (Å²) in [6.45, 7) is 4.25. The van der Waals surface area contributed by atoms with Gasteiger partial charge >= 0.3 is 6.72 Å². The van der Waals surface area contributed by atoms with E-state index in [1.807, 2.05) is 0 Å². The van der Waals surface area contributed by atoms with E-state index >= 15 is 0 Å². The van der Waals surface area contributed by atoms with Crippen molar-refractivity contribution in [2.24, 2.45) is 0 Å². The van der Waals surface area contributed by atoms with Crippen LogP contribution in [-0.2, 0) is 20.9 Å². The lowest BCUT2D eigenvalue weighted by atomic mass is 10.5. The molecule has 0 saturated carbocycles. The summed E-state index contributed by atoms with van der Waals surface area (Å²) in [5, 5.41) is 0. The maximum atomic E-state index is 9.34. The van der Waals surface area contributed by atoms with Gasteiger partial charge in [0.15, 0.2) is 0 Å². The van der Waals surface area contributed by atoms with Crippen molar-refractivity contribution in [2.75, 3.05) is 0 Å². The fraction of sp³-hybridized carbons (Fsp3) is 1.00. The molecule has 0 amide bonds. The molecular formula is C6H18NO3PS. The number of rotatable bonds is 4. The van der Waals surface area contributed by atoms with E-state index in [1.165, 1.54) is 0 Å². The van der Waals surface area contributed by atoms with E-state index in [0.29, 0.717) is 0 Å². The Morgan fingerprint density at radius 2 is 1.33 bits per heavy atom. The van der Waals surface area contributed by atoms with E-state index in [1.54, 1.807) is 27.7 Å². The van der Waals surface area contributed by atoms with Crippen LogP contribution < -0.4 is 6.15 Å². The lowest BCUT2D eigenvalue weighted by Crippen LogP contribution is -2.06. The highest BCUT2D eigenvalue weighted by Crippen LogP contribution is 2.45. The van der Waals surface area contributed by atoms with Gasteiger partial charge in [0, 0.05) is 0 Å². The Bertz CT molecular complexity index is 149. The SMILES string of the molecule is CC(C)OP(O)(=S)OC(C)C.N. The Labute approximate surface area is 79.1 Å². The van der Waals surface area contributed by atoms with Gasteiger partial charge in [-0.05, 0) is 39.5 Å². The van der Waals surface area contributed by atoms with Crippen LogP contribution >= 0.6 is 6.72 Å². The van der Waals surface area contributed by atoms with E-state index in [4.69, 9.17) is 20.9 Å². The lowest BCUT2D eigenvalue weighted by Gasteiger charge is -2.19. The third kappa shape index (κ3) is 8.59. The van der Waals surface area contributed by atoms with Crippen molar-refractivity contribution in [1.82, 2.24) is 6.15 Å². The maximum absolute atomic E-state index is 9.34. The first-order valence-corrected chi connectivity index (χ1v) is 6.12. The second-order valence-electron chi connectivity index (χ2n) is 2.78. The van der Waals surface area contributed by atoms with Gasteiger partial charge in [-0.1, -0.05) is 0 Å². The Hall–Kier alpha value is 0.490. The predicted molar refractivity (Wildman–Crippen MR) is 54.0 cm³/mol. The minimum Gasteiger partial charge on any atom is -0.344 e. The van der Waals surface area contributed by atoms with E-state index in [-0.39, 0.29) is 18.4 Å². The van der Waals surface area contributed by atoms with Gasteiger partial charge < -0.3 is 20.1 Å². The largest absolute Gasteiger partial charge is 0.344 e. The highest BCUT2D eigenvalue weighted by Gasteiger charge is 2.18. The van der Waals surface area contributed by atoms with Crippen molar-refractivity contribution in [3.05, 3.63) is 0 Å². The van der Waals surface area contributed by atoms with Gasteiger partial charge in [-0.15, -0.1) is 0 Å². The van der Waals surface area contributed by atoms with Crippen LogP contribution in [0.3, 0.4) is 0 Å². The molecule has 0 aliphatic carbocycles. The summed E-state index contributed by atoms with van der Waals surface area (Å²) in [5.41, 5.74) is 0. The molecule has 0 rings (SSSR count). The molecule has 0 aromatic rings. The molecule has 4 N–H and O–H groups in total. The highest BCUT2D eigenvalue weighted by molar-refractivity contribution is 8.07.